The Kier molecular flexibility index (Phi) is 4.71. The number of halogens is 2. The number of nitrogens with zero attached hydrogens (tertiary/aromatic N) is 1. The summed E-state index contributed by atoms with van der Waals surface area (Å²) in [7, 11) is 2.07. The van der Waals surface area contributed by atoms with Gasteiger partial charge in [-0.1, -0.05) is 33.6 Å². The topological polar surface area (TPSA) is 12.5 Å². The van der Waals surface area contributed by atoms with E-state index in [1.54, 1.807) is 0 Å². The quantitative estimate of drug-likeness (QED) is 0.782. The fraction of sp³-hybridized carbons (Fsp3) is 0.538. The molecule has 0 N–H and O–H groups in total. The molecular formula is C13H17BrClNO. The third-order valence-corrected chi connectivity index (χ3v) is 4.03. The molecule has 0 saturated carbocycles. The molecule has 17 heavy (non-hydrogen) atoms. The number of hydrogen-bond acceptors (Lipinski definition) is 2. The van der Waals surface area contributed by atoms with E-state index in [9.17, 15) is 0 Å². The molecule has 1 fully saturated rings. The normalized spacial score (nSPS) is 19.6. The molecule has 0 spiro atoms. The molecule has 1 atom stereocenters. The Balaban J connectivity index is 2.04. The molecule has 1 heterocycles. The van der Waals surface area contributed by atoms with Crippen LogP contribution in [0.25, 0.3) is 0 Å². The maximum Gasteiger partial charge on any atom is 0.0750 e. The lowest BCUT2D eigenvalue weighted by molar-refractivity contribution is 0.116. The predicted molar refractivity (Wildman–Crippen MR) is 76.3 cm³/mol. The Morgan fingerprint density at radius 2 is 2.35 bits per heavy atom. The Labute approximate surface area is 116 Å². The Bertz CT molecular complexity index is 380. The van der Waals surface area contributed by atoms with Crippen LogP contribution in [0.3, 0.4) is 0 Å². The van der Waals surface area contributed by atoms with E-state index in [-0.39, 0.29) is 0 Å². The minimum atomic E-state index is 0.354. The van der Waals surface area contributed by atoms with E-state index in [1.165, 1.54) is 12.0 Å². The van der Waals surface area contributed by atoms with E-state index in [0.717, 1.165) is 35.6 Å². The molecule has 1 aliphatic rings. The molecule has 1 aromatic carbocycles. The lowest BCUT2D eigenvalue weighted by atomic mass is 10.2. The van der Waals surface area contributed by atoms with Crippen molar-refractivity contribution in [2.24, 2.45) is 0 Å². The first-order valence-electron chi connectivity index (χ1n) is 5.88. The van der Waals surface area contributed by atoms with Crippen molar-refractivity contribution >= 4 is 33.2 Å². The summed E-state index contributed by atoms with van der Waals surface area (Å²) in [5.74, 6) is 0. The SMILES string of the molecule is CN(CC1CCCO1)c1ccc(CBr)cc1Cl. The molecule has 4 heteroatoms. The summed E-state index contributed by atoms with van der Waals surface area (Å²) in [6, 6.07) is 6.19. The van der Waals surface area contributed by atoms with Crippen molar-refractivity contribution in [2.45, 2.75) is 24.3 Å². The largest absolute Gasteiger partial charge is 0.376 e. The molecule has 0 aromatic heterocycles. The number of ether oxygens (including phenoxy) is 1. The molecule has 1 aromatic rings. The highest BCUT2D eigenvalue weighted by molar-refractivity contribution is 9.08. The van der Waals surface area contributed by atoms with Crippen LogP contribution < -0.4 is 4.90 Å². The predicted octanol–water partition coefficient (Wildman–Crippen LogP) is 3.85. The summed E-state index contributed by atoms with van der Waals surface area (Å²) in [5.41, 5.74) is 2.27. The average Bonchev–Trinajstić information content (AvgIpc) is 2.81. The van der Waals surface area contributed by atoms with Gasteiger partial charge in [0.2, 0.25) is 0 Å². The van der Waals surface area contributed by atoms with Gasteiger partial charge >= 0.3 is 0 Å². The lowest BCUT2D eigenvalue weighted by Gasteiger charge is -2.24. The van der Waals surface area contributed by atoms with Crippen molar-refractivity contribution in [1.29, 1.82) is 0 Å². The first-order valence-corrected chi connectivity index (χ1v) is 7.38. The number of hydrogen-bond donors (Lipinski definition) is 0. The van der Waals surface area contributed by atoms with Crippen LogP contribution in [-0.4, -0.2) is 26.3 Å². The molecule has 94 valence electrons. The van der Waals surface area contributed by atoms with Crippen molar-refractivity contribution < 1.29 is 4.74 Å². The van der Waals surface area contributed by atoms with Gasteiger partial charge in [0.05, 0.1) is 16.8 Å². The van der Waals surface area contributed by atoms with Crippen molar-refractivity contribution in [1.82, 2.24) is 0 Å². The number of rotatable bonds is 4. The van der Waals surface area contributed by atoms with Gasteiger partial charge in [0, 0.05) is 25.5 Å². The Morgan fingerprint density at radius 1 is 1.53 bits per heavy atom. The lowest BCUT2D eigenvalue weighted by Crippen LogP contribution is -2.28. The van der Waals surface area contributed by atoms with Gasteiger partial charge in [0.1, 0.15) is 0 Å². The highest BCUT2D eigenvalue weighted by atomic mass is 79.9. The summed E-state index contributed by atoms with van der Waals surface area (Å²) in [6.07, 6.45) is 2.68. The average molecular weight is 319 g/mol. The molecule has 0 bridgehead atoms. The van der Waals surface area contributed by atoms with E-state index in [0.29, 0.717) is 6.10 Å². The number of alkyl halides is 1. The fourth-order valence-electron chi connectivity index (χ4n) is 2.14. The van der Waals surface area contributed by atoms with Crippen LogP contribution in [0.4, 0.5) is 5.69 Å². The summed E-state index contributed by atoms with van der Waals surface area (Å²) in [4.78, 5) is 2.18. The van der Waals surface area contributed by atoms with E-state index in [4.69, 9.17) is 16.3 Å². The van der Waals surface area contributed by atoms with Gasteiger partial charge in [0.15, 0.2) is 0 Å². The van der Waals surface area contributed by atoms with E-state index < -0.39 is 0 Å². The van der Waals surface area contributed by atoms with E-state index >= 15 is 0 Å². The van der Waals surface area contributed by atoms with Gasteiger partial charge in [-0.15, -0.1) is 0 Å². The molecule has 0 radical (unpaired) electrons. The minimum Gasteiger partial charge on any atom is -0.376 e. The zero-order valence-corrected chi connectivity index (χ0v) is 12.3. The van der Waals surface area contributed by atoms with Crippen LogP contribution in [0.15, 0.2) is 18.2 Å². The highest BCUT2D eigenvalue weighted by Crippen LogP contribution is 2.28. The summed E-state index contributed by atoms with van der Waals surface area (Å²) in [6.45, 7) is 1.81. The first-order chi connectivity index (χ1) is 8.20. The fourth-order valence-corrected chi connectivity index (χ4v) is 2.83. The maximum absolute atomic E-state index is 6.29. The second-order valence-electron chi connectivity index (χ2n) is 4.43. The smallest absolute Gasteiger partial charge is 0.0750 e. The Morgan fingerprint density at radius 3 is 2.94 bits per heavy atom. The van der Waals surface area contributed by atoms with Crippen LogP contribution in [0, 0.1) is 0 Å². The van der Waals surface area contributed by atoms with Crippen molar-refractivity contribution in [2.75, 3.05) is 25.1 Å². The van der Waals surface area contributed by atoms with Crippen LogP contribution in [-0.2, 0) is 10.1 Å². The number of likely N-dealkylation sites (N-methyl/N-ethyl adjacent to an activating group) is 1. The molecule has 1 aliphatic heterocycles. The van der Waals surface area contributed by atoms with Gasteiger partial charge in [-0.3, -0.25) is 0 Å². The second-order valence-corrected chi connectivity index (χ2v) is 5.40. The maximum atomic E-state index is 6.29. The van der Waals surface area contributed by atoms with Crippen molar-refractivity contribution in [3.63, 3.8) is 0 Å². The minimum absolute atomic E-state index is 0.354. The van der Waals surface area contributed by atoms with Gasteiger partial charge < -0.3 is 9.64 Å². The molecule has 2 nitrogen and oxygen atoms in total. The molecular weight excluding hydrogens is 302 g/mol. The monoisotopic (exact) mass is 317 g/mol. The van der Waals surface area contributed by atoms with Crippen molar-refractivity contribution in [3.8, 4) is 0 Å². The van der Waals surface area contributed by atoms with Crippen LogP contribution >= 0.6 is 27.5 Å². The zero-order valence-electron chi connectivity index (χ0n) is 9.96. The molecule has 0 amide bonds. The zero-order chi connectivity index (χ0) is 12.3. The molecule has 0 aliphatic carbocycles. The molecule has 1 saturated heterocycles. The van der Waals surface area contributed by atoms with Crippen LogP contribution in [0.1, 0.15) is 18.4 Å². The van der Waals surface area contributed by atoms with Crippen LogP contribution in [0.2, 0.25) is 5.02 Å². The van der Waals surface area contributed by atoms with Gasteiger partial charge in [0.25, 0.3) is 0 Å². The third kappa shape index (κ3) is 3.36. The summed E-state index contributed by atoms with van der Waals surface area (Å²) in [5, 5.41) is 1.64. The van der Waals surface area contributed by atoms with Gasteiger partial charge in [-0.25, -0.2) is 0 Å². The van der Waals surface area contributed by atoms with Crippen LogP contribution in [0.5, 0.6) is 0 Å². The first kappa shape index (κ1) is 13.2. The van der Waals surface area contributed by atoms with E-state index in [2.05, 4.69) is 40.0 Å². The summed E-state index contributed by atoms with van der Waals surface area (Å²) >= 11 is 9.72. The van der Waals surface area contributed by atoms with E-state index in [1.807, 2.05) is 6.07 Å². The van der Waals surface area contributed by atoms with Gasteiger partial charge in [-0.05, 0) is 30.5 Å². The summed E-state index contributed by atoms with van der Waals surface area (Å²) < 4.78 is 5.64. The third-order valence-electron chi connectivity index (χ3n) is 3.08. The van der Waals surface area contributed by atoms with Gasteiger partial charge in [-0.2, -0.15) is 0 Å². The Hall–Kier alpha value is -0.250. The number of benzene rings is 1. The van der Waals surface area contributed by atoms with Crippen molar-refractivity contribution in [3.05, 3.63) is 28.8 Å². The molecule has 1 unspecified atom stereocenters. The number of anilines is 1. The highest BCUT2D eigenvalue weighted by Gasteiger charge is 2.18. The second kappa shape index (κ2) is 6.07. The standard InChI is InChI=1S/C13H17BrClNO/c1-16(9-11-3-2-6-17-11)13-5-4-10(8-14)7-12(13)15/h4-5,7,11H,2-3,6,8-9H2,1H3. The molecule has 2 rings (SSSR count).